The van der Waals surface area contributed by atoms with E-state index in [9.17, 15) is 14.0 Å². The molecule has 0 radical (unpaired) electrons. The van der Waals surface area contributed by atoms with E-state index in [-0.39, 0.29) is 11.1 Å². The first kappa shape index (κ1) is 16.2. The molecule has 1 aliphatic heterocycles. The van der Waals surface area contributed by atoms with Gasteiger partial charge in [-0.25, -0.2) is 9.29 Å². The van der Waals surface area contributed by atoms with E-state index < -0.39 is 17.6 Å². The third kappa shape index (κ3) is 2.89. The van der Waals surface area contributed by atoms with Crippen molar-refractivity contribution in [3.05, 3.63) is 59.4 Å². The van der Waals surface area contributed by atoms with Gasteiger partial charge in [-0.3, -0.25) is 9.59 Å². The molecule has 2 aromatic carbocycles. The summed E-state index contributed by atoms with van der Waals surface area (Å²) in [5.74, 6) is -1.17. The van der Waals surface area contributed by atoms with Gasteiger partial charge in [0, 0.05) is 6.07 Å². The minimum atomic E-state index is -0.537. The van der Waals surface area contributed by atoms with Crippen LogP contribution in [0, 0.1) is 11.2 Å². The standard InChI is InChI=1S/C19H18FNO3/c1-19(2,3)11-24-16-9-8-12(20)10-15(16)21-17(22)13-6-4-5-7-14(13)18(21)23/h4-10H,11H2,1-3H3. The first-order valence-electron chi connectivity index (χ1n) is 7.68. The minimum Gasteiger partial charge on any atom is -0.491 e. The van der Waals surface area contributed by atoms with Crippen molar-refractivity contribution in [1.82, 2.24) is 0 Å². The molecule has 0 N–H and O–H groups in total. The highest BCUT2D eigenvalue weighted by atomic mass is 19.1. The zero-order valence-corrected chi connectivity index (χ0v) is 13.8. The average molecular weight is 327 g/mol. The topological polar surface area (TPSA) is 46.6 Å². The maximum Gasteiger partial charge on any atom is 0.266 e. The van der Waals surface area contributed by atoms with E-state index in [1.165, 1.54) is 12.1 Å². The van der Waals surface area contributed by atoms with Crippen LogP contribution in [0.4, 0.5) is 10.1 Å². The summed E-state index contributed by atoms with van der Waals surface area (Å²) in [6.07, 6.45) is 0. The average Bonchev–Trinajstić information content (AvgIpc) is 2.77. The van der Waals surface area contributed by atoms with E-state index in [2.05, 4.69) is 0 Å². The van der Waals surface area contributed by atoms with Crippen LogP contribution >= 0.6 is 0 Å². The fourth-order valence-corrected chi connectivity index (χ4v) is 2.49. The number of imide groups is 1. The molecule has 2 aromatic rings. The maximum atomic E-state index is 13.8. The maximum absolute atomic E-state index is 13.8. The summed E-state index contributed by atoms with van der Waals surface area (Å²) >= 11 is 0. The van der Waals surface area contributed by atoms with Crippen molar-refractivity contribution < 1.29 is 18.7 Å². The number of benzene rings is 2. The van der Waals surface area contributed by atoms with Gasteiger partial charge in [-0.1, -0.05) is 32.9 Å². The molecular weight excluding hydrogens is 309 g/mol. The van der Waals surface area contributed by atoms with Gasteiger partial charge in [-0.05, 0) is 29.7 Å². The van der Waals surface area contributed by atoms with Crippen LogP contribution in [-0.2, 0) is 0 Å². The predicted molar refractivity (Wildman–Crippen MR) is 88.9 cm³/mol. The third-order valence-corrected chi connectivity index (χ3v) is 3.62. The Labute approximate surface area is 139 Å². The molecule has 124 valence electrons. The third-order valence-electron chi connectivity index (χ3n) is 3.62. The second-order valence-electron chi connectivity index (χ2n) is 6.95. The van der Waals surface area contributed by atoms with E-state index in [1.807, 2.05) is 20.8 Å². The number of hydrogen-bond donors (Lipinski definition) is 0. The molecule has 3 rings (SSSR count). The number of carbonyl (C=O) groups is 2. The number of rotatable bonds is 3. The lowest BCUT2D eigenvalue weighted by Crippen LogP contribution is -2.30. The Kier molecular flexibility index (Phi) is 3.87. The quantitative estimate of drug-likeness (QED) is 0.799. The molecule has 0 aliphatic carbocycles. The van der Waals surface area contributed by atoms with Crippen LogP contribution in [-0.4, -0.2) is 18.4 Å². The van der Waals surface area contributed by atoms with Crippen LogP contribution < -0.4 is 9.64 Å². The molecule has 0 fully saturated rings. The van der Waals surface area contributed by atoms with Crippen molar-refractivity contribution in [3.63, 3.8) is 0 Å². The highest BCUT2D eigenvalue weighted by molar-refractivity contribution is 6.34. The molecule has 2 amide bonds. The lowest BCUT2D eigenvalue weighted by atomic mass is 9.99. The molecule has 0 aromatic heterocycles. The fourth-order valence-electron chi connectivity index (χ4n) is 2.49. The van der Waals surface area contributed by atoms with Gasteiger partial charge >= 0.3 is 0 Å². The van der Waals surface area contributed by atoms with E-state index in [4.69, 9.17) is 4.74 Å². The second-order valence-corrected chi connectivity index (χ2v) is 6.95. The summed E-state index contributed by atoms with van der Waals surface area (Å²) < 4.78 is 19.5. The summed E-state index contributed by atoms with van der Waals surface area (Å²) in [5.41, 5.74) is 0.640. The smallest absolute Gasteiger partial charge is 0.266 e. The van der Waals surface area contributed by atoms with Crippen LogP contribution in [0.1, 0.15) is 41.5 Å². The van der Waals surface area contributed by atoms with Crippen molar-refractivity contribution in [1.29, 1.82) is 0 Å². The first-order chi connectivity index (χ1) is 11.3. The molecule has 24 heavy (non-hydrogen) atoms. The Bertz CT molecular complexity index is 789. The van der Waals surface area contributed by atoms with Gasteiger partial charge in [-0.15, -0.1) is 0 Å². The van der Waals surface area contributed by atoms with Crippen LogP contribution in [0.3, 0.4) is 0 Å². The Balaban J connectivity index is 2.02. The van der Waals surface area contributed by atoms with Gasteiger partial charge in [0.2, 0.25) is 0 Å². The lowest BCUT2D eigenvalue weighted by Gasteiger charge is -2.23. The van der Waals surface area contributed by atoms with Crippen molar-refractivity contribution >= 4 is 17.5 Å². The zero-order chi connectivity index (χ0) is 17.5. The number of amides is 2. The predicted octanol–water partition coefficient (Wildman–Crippen LogP) is 4.05. The van der Waals surface area contributed by atoms with Gasteiger partial charge < -0.3 is 4.74 Å². The summed E-state index contributed by atoms with van der Waals surface area (Å²) in [6.45, 7) is 6.36. The lowest BCUT2D eigenvalue weighted by molar-refractivity contribution is 0.0924. The molecular formula is C19H18FNO3. The number of hydrogen-bond acceptors (Lipinski definition) is 3. The number of halogens is 1. The van der Waals surface area contributed by atoms with E-state index in [0.29, 0.717) is 23.5 Å². The summed E-state index contributed by atoms with van der Waals surface area (Å²) in [5, 5.41) is 0. The Morgan fingerprint density at radius 1 is 1.00 bits per heavy atom. The van der Waals surface area contributed by atoms with E-state index >= 15 is 0 Å². The number of ether oxygens (including phenoxy) is 1. The van der Waals surface area contributed by atoms with Gasteiger partial charge in [-0.2, -0.15) is 0 Å². The fraction of sp³-hybridized carbons (Fsp3) is 0.263. The SMILES string of the molecule is CC(C)(C)COc1ccc(F)cc1N1C(=O)c2ccccc2C1=O. The molecule has 5 heteroatoms. The molecule has 0 spiro atoms. The molecule has 4 nitrogen and oxygen atoms in total. The summed E-state index contributed by atoms with van der Waals surface area (Å²) in [7, 11) is 0. The number of anilines is 1. The van der Waals surface area contributed by atoms with Gasteiger partial charge in [0.05, 0.1) is 23.4 Å². The largest absolute Gasteiger partial charge is 0.491 e. The van der Waals surface area contributed by atoms with Crippen LogP contribution in [0.25, 0.3) is 0 Å². The normalized spacial score (nSPS) is 14.1. The van der Waals surface area contributed by atoms with Crippen molar-refractivity contribution in [2.24, 2.45) is 5.41 Å². The Hall–Kier alpha value is -2.69. The van der Waals surface area contributed by atoms with Gasteiger partial charge in [0.25, 0.3) is 11.8 Å². The zero-order valence-electron chi connectivity index (χ0n) is 13.8. The van der Waals surface area contributed by atoms with Crippen LogP contribution in [0.5, 0.6) is 5.75 Å². The Morgan fingerprint density at radius 2 is 1.58 bits per heavy atom. The van der Waals surface area contributed by atoms with Crippen molar-refractivity contribution in [2.75, 3.05) is 11.5 Å². The van der Waals surface area contributed by atoms with Crippen molar-refractivity contribution in [2.45, 2.75) is 20.8 Å². The molecule has 0 unspecified atom stereocenters. The summed E-state index contributed by atoms with van der Waals surface area (Å²) in [4.78, 5) is 26.2. The Morgan fingerprint density at radius 3 is 2.12 bits per heavy atom. The highest BCUT2D eigenvalue weighted by Gasteiger charge is 2.38. The minimum absolute atomic E-state index is 0.117. The number of nitrogens with zero attached hydrogens (tertiary/aromatic N) is 1. The molecule has 0 saturated heterocycles. The van der Waals surface area contributed by atoms with Gasteiger partial charge in [0.15, 0.2) is 0 Å². The van der Waals surface area contributed by atoms with E-state index in [1.54, 1.807) is 24.3 Å². The van der Waals surface area contributed by atoms with Crippen molar-refractivity contribution in [3.8, 4) is 5.75 Å². The summed E-state index contributed by atoms with van der Waals surface area (Å²) in [6, 6.07) is 10.4. The number of fused-ring (bicyclic) bond motifs is 1. The highest BCUT2D eigenvalue weighted by Crippen LogP contribution is 2.36. The van der Waals surface area contributed by atoms with E-state index in [0.717, 1.165) is 11.0 Å². The molecule has 0 atom stereocenters. The molecule has 0 bridgehead atoms. The van der Waals surface area contributed by atoms with Gasteiger partial charge in [0.1, 0.15) is 11.6 Å². The molecule has 1 heterocycles. The van der Waals surface area contributed by atoms with Crippen LogP contribution in [0.15, 0.2) is 42.5 Å². The number of carbonyl (C=O) groups excluding carboxylic acids is 2. The molecule has 1 aliphatic rings. The molecule has 0 saturated carbocycles. The second kappa shape index (κ2) is 5.74. The monoisotopic (exact) mass is 327 g/mol. The first-order valence-corrected chi connectivity index (χ1v) is 7.68. The van der Waals surface area contributed by atoms with Crippen LogP contribution in [0.2, 0.25) is 0 Å².